The highest BCUT2D eigenvalue weighted by molar-refractivity contribution is 6.36. The molecule has 0 saturated carbocycles. The maximum absolute atomic E-state index is 11.8. The average Bonchev–Trinajstić information content (AvgIpc) is 2.40. The number of nitrogens with two attached hydrogens (primary N) is 1. The minimum atomic E-state index is -0.397. The summed E-state index contributed by atoms with van der Waals surface area (Å²) < 4.78 is 5.19. The van der Waals surface area contributed by atoms with Crippen LogP contribution < -0.4 is 5.73 Å². The molecular formula is C15H22ClNO2. The molecule has 2 N–H and O–H groups in total. The van der Waals surface area contributed by atoms with Crippen LogP contribution >= 0.6 is 11.6 Å². The summed E-state index contributed by atoms with van der Waals surface area (Å²) >= 11 is 5.96. The molecule has 0 unspecified atom stereocenters. The molecule has 0 radical (unpaired) electrons. The minimum absolute atomic E-state index is 0.274. The smallest absolute Gasteiger partial charge is 0.339 e. The fraction of sp³-hybridized carbons (Fsp3) is 0.533. The summed E-state index contributed by atoms with van der Waals surface area (Å²) in [4.78, 5) is 11.8. The lowest BCUT2D eigenvalue weighted by molar-refractivity contribution is 0.0498. The SMILES string of the molecule is CCCCCCCCOC(=O)c1cccc(N)c1Cl. The highest BCUT2D eigenvalue weighted by Crippen LogP contribution is 2.23. The van der Waals surface area contributed by atoms with Gasteiger partial charge in [0.1, 0.15) is 0 Å². The van der Waals surface area contributed by atoms with Crippen molar-refractivity contribution in [1.29, 1.82) is 0 Å². The monoisotopic (exact) mass is 283 g/mol. The molecule has 0 bridgehead atoms. The summed E-state index contributed by atoms with van der Waals surface area (Å²) in [5.41, 5.74) is 6.38. The largest absolute Gasteiger partial charge is 0.462 e. The molecule has 19 heavy (non-hydrogen) atoms. The molecule has 0 amide bonds. The van der Waals surface area contributed by atoms with E-state index in [-0.39, 0.29) is 5.02 Å². The van der Waals surface area contributed by atoms with Gasteiger partial charge in [0.05, 0.1) is 22.9 Å². The zero-order valence-electron chi connectivity index (χ0n) is 11.5. The van der Waals surface area contributed by atoms with E-state index in [0.29, 0.717) is 17.9 Å². The van der Waals surface area contributed by atoms with Crippen molar-refractivity contribution in [3.63, 3.8) is 0 Å². The van der Waals surface area contributed by atoms with Gasteiger partial charge in [0.25, 0.3) is 0 Å². The predicted octanol–water partition coefficient (Wildman–Crippen LogP) is 4.44. The van der Waals surface area contributed by atoms with Gasteiger partial charge in [-0.1, -0.05) is 56.7 Å². The number of ether oxygens (including phenoxy) is 1. The molecule has 3 nitrogen and oxygen atoms in total. The first kappa shape index (κ1) is 15.8. The summed E-state index contributed by atoms with van der Waals surface area (Å²) in [5.74, 6) is -0.397. The van der Waals surface area contributed by atoms with Crippen molar-refractivity contribution < 1.29 is 9.53 Å². The van der Waals surface area contributed by atoms with Crippen LogP contribution in [0.15, 0.2) is 18.2 Å². The van der Waals surface area contributed by atoms with Crippen LogP contribution in [0.25, 0.3) is 0 Å². The summed E-state index contributed by atoms with van der Waals surface area (Å²) in [6.07, 6.45) is 6.96. The van der Waals surface area contributed by atoms with Crippen LogP contribution in [0.5, 0.6) is 0 Å². The Morgan fingerprint density at radius 2 is 1.89 bits per heavy atom. The predicted molar refractivity (Wildman–Crippen MR) is 79.5 cm³/mol. The van der Waals surface area contributed by atoms with E-state index in [1.165, 1.54) is 25.7 Å². The van der Waals surface area contributed by atoms with Crippen LogP contribution in [0.4, 0.5) is 5.69 Å². The van der Waals surface area contributed by atoms with Crippen LogP contribution in [0.2, 0.25) is 5.02 Å². The molecule has 0 fully saturated rings. The summed E-state index contributed by atoms with van der Waals surface area (Å²) in [6.45, 7) is 2.63. The van der Waals surface area contributed by atoms with E-state index in [4.69, 9.17) is 22.1 Å². The molecular weight excluding hydrogens is 262 g/mol. The van der Waals surface area contributed by atoms with E-state index in [9.17, 15) is 4.79 Å². The van der Waals surface area contributed by atoms with Crippen LogP contribution in [-0.4, -0.2) is 12.6 Å². The van der Waals surface area contributed by atoms with Crippen LogP contribution in [0, 0.1) is 0 Å². The molecule has 0 aliphatic heterocycles. The molecule has 4 heteroatoms. The molecule has 0 aliphatic carbocycles. The first-order valence-corrected chi connectivity index (χ1v) is 7.25. The van der Waals surface area contributed by atoms with Crippen LogP contribution in [0.3, 0.4) is 0 Å². The van der Waals surface area contributed by atoms with Crippen molar-refractivity contribution in [3.05, 3.63) is 28.8 Å². The number of nitrogen functional groups attached to an aromatic ring is 1. The second-order valence-corrected chi connectivity index (χ2v) is 4.99. The maximum Gasteiger partial charge on any atom is 0.339 e. The topological polar surface area (TPSA) is 52.3 Å². The van der Waals surface area contributed by atoms with Crippen LogP contribution in [0.1, 0.15) is 55.8 Å². The third-order valence-corrected chi connectivity index (χ3v) is 3.40. The van der Waals surface area contributed by atoms with Crippen molar-refractivity contribution in [1.82, 2.24) is 0 Å². The molecule has 1 aromatic rings. The van der Waals surface area contributed by atoms with E-state index in [2.05, 4.69) is 6.92 Å². The van der Waals surface area contributed by atoms with E-state index in [0.717, 1.165) is 12.8 Å². The first-order chi connectivity index (χ1) is 9.16. The fourth-order valence-electron chi connectivity index (χ4n) is 1.83. The average molecular weight is 284 g/mol. The Bertz CT molecular complexity index is 407. The van der Waals surface area contributed by atoms with E-state index >= 15 is 0 Å². The molecule has 1 aromatic carbocycles. The summed E-state index contributed by atoms with van der Waals surface area (Å²) in [6, 6.07) is 4.98. The van der Waals surface area contributed by atoms with Gasteiger partial charge >= 0.3 is 5.97 Å². The number of halogens is 1. The second kappa shape index (κ2) is 8.81. The number of hydrogen-bond donors (Lipinski definition) is 1. The molecule has 106 valence electrons. The van der Waals surface area contributed by atoms with E-state index in [1.807, 2.05) is 0 Å². The highest BCUT2D eigenvalue weighted by atomic mass is 35.5. The lowest BCUT2D eigenvalue weighted by Gasteiger charge is -2.07. The van der Waals surface area contributed by atoms with E-state index in [1.54, 1.807) is 18.2 Å². The van der Waals surface area contributed by atoms with Crippen molar-refractivity contribution in [2.75, 3.05) is 12.3 Å². The number of carbonyl (C=O) groups excluding carboxylic acids is 1. The Morgan fingerprint density at radius 3 is 2.63 bits per heavy atom. The molecule has 1 rings (SSSR count). The molecule has 0 spiro atoms. The van der Waals surface area contributed by atoms with Gasteiger partial charge in [0.15, 0.2) is 0 Å². The van der Waals surface area contributed by atoms with Crippen molar-refractivity contribution >= 4 is 23.3 Å². The van der Waals surface area contributed by atoms with E-state index < -0.39 is 5.97 Å². The van der Waals surface area contributed by atoms with Gasteiger partial charge in [0.2, 0.25) is 0 Å². The number of unbranched alkanes of at least 4 members (excludes halogenated alkanes) is 5. The minimum Gasteiger partial charge on any atom is -0.462 e. The van der Waals surface area contributed by atoms with Gasteiger partial charge in [-0.25, -0.2) is 4.79 Å². The standard InChI is InChI=1S/C15H22ClNO2/c1-2-3-4-5-6-7-11-19-15(18)12-9-8-10-13(17)14(12)16/h8-10H,2-7,11,17H2,1H3. The Morgan fingerprint density at radius 1 is 1.21 bits per heavy atom. The third kappa shape index (κ3) is 5.52. The lowest BCUT2D eigenvalue weighted by atomic mass is 10.1. The van der Waals surface area contributed by atoms with Gasteiger partial charge in [-0.3, -0.25) is 0 Å². The normalized spacial score (nSPS) is 10.4. The number of hydrogen-bond acceptors (Lipinski definition) is 3. The lowest BCUT2D eigenvalue weighted by Crippen LogP contribution is -2.08. The number of anilines is 1. The Balaban J connectivity index is 2.26. The van der Waals surface area contributed by atoms with Gasteiger partial charge in [-0.15, -0.1) is 0 Å². The summed E-state index contributed by atoms with van der Waals surface area (Å²) in [7, 11) is 0. The van der Waals surface area contributed by atoms with Gasteiger partial charge < -0.3 is 10.5 Å². The molecule has 0 atom stereocenters. The third-order valence-electron chi connectivity index (χ3n) is 2.98. The zero-order chi connectivity index (χ0) is 14.1. The Labute approximate surface area is 120 Å². The Hall–Kier alpha value is -1.22. The maximum atomic E-state index is 11.8. The quantitative estimate of drug-likeness (QED) is 0.436. The molecule has 0 aliphatic rings. The van der Waals surface area contributed by atoms with Crippen molar-refractivity contribution in [3.8, 4) is 0 Å². The highest BCUT2D eigenvalue weighted by Gasteiger charge is 2.12. The number of rotatable bonds is 8. The zero-order valence-corrected chi connectivity index (χ0v) is 12.2. The number of esters is 1. The van der Waals surface area contributed by atoms with Gasteiger partial charge in [0, 0.05) is 0 Å². The Kier molecular flexibility index (Phi) is 7.34. The number of benzene rings is 1. The second-order valence-electron chi connectivity index (χ2n) is 4.61. The van der Waals surface area contributed by atoms with Crippen molar-refractivity contribution in [2.24, 2.45) is 0 Å². The fourth-order valence-corrected chi connectivity index (χ4v) is 2.04. The molecule has 0 heterocycles. The van der Waals surface area contributed by atoms with Crippen molar-refractivity contribution in [2.45, 2.75) is 45.4 Å². The van der Waals surface area contributed by atoms with Gasteiger partial charge in [-0.05, 0) is 18.6 Å². The van der Waals surface area contributed by atoms with Gasteiger partial charge in [-0.2, -0.15) is 0 Å². The molecule has 0 saturated heterocycles. The number of carbonyl (C=O) groups is 1. The van der Waals surface area contributed by atoms with Crippen LogP contribution in [-0.2, 0) is 4.74 Å². The molecule has 0 aromatic heterocycles. The first-order valence-electron chi connectivity index (χ1n) is 6.88. The summed E-state index contributed by atoms with van der Waals surface area (Å²) in [5, 5.41) is 0.274.